The van der Waals surface area contributed by atoms with Crippen LogP contribution in [0.15, 0.2) is 30.5 Å². The molecule has 120 valence electrons. The van der Waals surface area contributed by atoms with Crippen molar-refractivity contribution in [1.82, 2.24) is 15.1 Å². The number of aryl methyl sites for hydroxylation is 1. The lowest BCUT2D eigenvalue weighted by Crippen LogP contribution is -2.45. The van der Waals surface area contributed by atoms with Crippen molar-refractivity contribution >= 4 is 12.4 Å². The molecule has 1 aliphatic heterocycles. The first-order valence-electron chi connectivity index (χ1n) is 7.70. The molecule has 0 amide bonds. The Bertz CT molecular complexity index is 593. The third kappa shape index (κ3) is 3.69. The summed E-state index contributed by atoms with van der Waals surface area (Å²) in [6.07, 6.45) is 3.03. The summed E-state index contributed by atoms with van der Waals surface area (Å²) >= 11 is 0. The van der Waals surface area contributed by atoms with Gasteiger partial charge in [-0.25, -0.2) is 0 Å². The minimum Gasteiger partial charge on any atom is -0.327 e. The maximum absolute atomic E-state index is 6.10. The topological polar surface area (TPSA) is 57.9 Å². The minimum absolute atomic E-state index is 0. The van der Waals surface area contributed by atoms with Gasteiger partial charge in [0, 0.05) is 24.7 Å². The first kappa shape index (κ1) is 17.0. The molecule has 22 heavy (non-hydrogen) atoms. The van der Waals surface area contributed by atoms with E-state index in [0.717, 1.165) is 31.7 Å². The molecule has 0 aliphatic carbocycles. The number of halogens is 1. The molecule has 5 heteroatoms. The first-order valence-corrected chi connectivity index (χ1v) is 7.70. The van der Waals surface area contributed by atoms with Gasteiger partial charge < -0.3 is 5.73 Å². The summed E-state index contributed by atoms with van der Waals surface area (Å²) in [6, 6.07) is 8.94. The van der Waals surface area contributed by atoms with Gasteiger partial charge in [-0.3, -0.25) is 10.00 Å². The quantitative estimate of drug-likeness (QED) is 0.914. The van der Waals surface area contributed by atoms with Crippen LogP contribution in [0.1, 0.15) is 24.5 Å². The average molecular weight is 321 g/mol. The van der Waals surface area contributed by atoms with Crippen molar-refractivity contribution in [3.63, 3.8) is 0 Å². The SMILES string of the molecule is Cc1ccc(-c2[nH]ncc2CN2CCC(N)C(C)C2)cc1.Cl. The predicted octanol–water partition coefficient (Wildman–Crippen LogP) is 2.98. The number of aromatic nitrogens is 2. The van der Waals surface area contributed by atoms with E-state index in [4.69, 9.17) is 5.73 Å². The second kappa shape index (κ2) is 7.27. The average Bonchev–Trinajstić information content (AvgIpc) is 2.92. The number of H-pyrrole nitrogens is 1. The molecule has 0 radical (unpaired) electrons. The van der Waals surface area contributed by atoms with E-state index in [1.54, 1.807) is 0 Å². The Labute approximate surface area is 138 Å². The first-order chi connectivity index (χ1) is 10.1. The summed E-state index contributed by atoms with van der Waals surface area (Å²) in [5, 5.41) is 7.39. The second-order valence-corrected chi connectivity index (χ2v) is 6.30. The van der Waals surface area contributed by atoms with Crippen molar-refractivity contribution < 1.29 is 0 Å². The van der Waals surface area contributed by atoms with Crippen molar-refractivity contribution in [3.05, 3.63) is 41.6 Å². The van der Waals surface area contributed by atoms with Crippen LogP contribution in [0, 0.1) is 12.8 Å². The molecule has 2 atom stereocenters. The summed E-state index contributed by atoms with van der Waals surface area (Å²) in [7, 11) is 0. The Morgan fingerprint density at radius 1 is 1.32 bits per heavy atom. The van der Waals surface area contributed by atoms with Gasteiger partial charge in [0.25, 0.3) is 0 Å². The van der Waals surface area contributed by atoms with Crippen molar-refractivity contribution in [3.8, 4) is 11.3 Å². The van der Waals surface area contributed by atoms with E-state index in [1.807, 2.05) is 6.20 Å². The van der Waals surface area contributed by atoms with Gasteiger partial charge in [-0.1, -0.05) is 36.8 Å². The zero-order valence-corrected chi connectivity index (χ0v) is 14.1. The molecule has 0 bridgehead atoms. The third-order valence-corrected chi connectivity index (χ3v) is 4.51. The molecular weight excluding hydrogens is 296 g/mol. The zero-order chi connectivity index (χ0) is 14.8. The van der Waals surface area contributed by atoms with Crippen LogP contribution < -0.4 is 5.73 Å². The van der Waals surface area contributed by atoms with Gasteiger partial charge in [-0.15, -0.1) is 12.4 Å². The number of nitrogens with two attached hydrogens (primary N) is 1. The molecule has 1 aromatic carbocycles. The maximum atomic E-state index is 6.10. The fourth-order valence-electron chi connectivity index (χ4n) is 3.04. The van der Waals surface area contributed by atoms with Gasteiger partial charge in [0.1, 0.15) is 0 Å². The Kier molecular flexibility index (Phi) is 5.62. The summed E-state index contributed by atoms with van der Waals surface area (Å²) in [5.41, 5.74) is 11.0. The van der Waals surface area contributed by atoms with E-state index in [-0.39, 0.29) is 12.4 Å². The van der Waals surface area contributed by atoms with Crippen molar-refractivity contribution in [2.75, 3.05) is 13.1 Å². The lowest BCUT2D eigenvalue weighted by Gasteiger charge is -2.35. The molecule has 2 unspecified atom stereocenters. The van der Waals surface area contributed by atoms with Crippen LogP contribution in [0.5, 0.6) is 0 Å². The molecule has 4 nitrogen and oxygen atoms in total. The number of nitrogens with zero attached hydrogens (tertiary/aromatic N) is 2. The smallest absolute Gasteiger partial charge is 0.0695 e. The third-order valence-electron chi connectivity index (χ3n) is 4.51. The highest BCUT2D eigenvalue weighted by molar-refractivity contribution is 5.85. The monoisotopic (exact) mass is 320 g/mol. The van der Waals surface area contributed by atoms with Crippen LogP contribution >= 0.6 is 12.4 Å². The number of piperidine rings is 1. The fraction of sp³-hybridized carbons (Fsp3) is 0.471. The van der Waals surface area contributed by atoms with Crippen LogP contribution in [0.4, 0.5) is 0 Å². The van der Waals surface area contributed by atoms with Gasteiger partial charge >= 0.3 is 0 Å². The molecule has 0 saturated carbocycles. The molecule has 1 aromatic heterocycles. The highest BCUT2D eigenvalue weighted by atomic mass is 35.5. The Morgan fingerprint density at radius 3 is 2.73 bits per heavy atom. The molecule has 1 saturated heterocycles. The number of nitrogens with one attached hydrogen (secondary N) is 1. The second-order valence-electron chi connectivity index (χ2n) is 6.30. The Morgan fingerprint density at radius 2 is 2.05 bits per heavy atom. The van der Waals surface area contributed by atoms with Crippen LogP contribution in [0.25, 0.3) is 11.3 Å². The lowest BCUT2D eigenvalue weighted by atomic mass is 9.94. The van der Waals surface area contributed by atoms with Gasteiger partial charge in [0.15, 0.2) is 0 Å². The number of hydrogen-bond donors (Lipinski definition) is 2. The van der Waals surface area contributed by atoms with Crippen LogP contribution in [0.2, 0.25) is 0 Å². The van der Waals surface area contributed by atoms with E-state index in [2.05, 4.69) is 53.2 Å². The summed E-state index contributed by atoms with van der Waals surface area (Å²) in [4.78, 5) is 2.48. The molecule has 2 heterocycles. The van der Waals surface area contributed by atoms with Crippen molar-refractivity contribution in [1.29, 1.82) is 0 Å². The van der Waals surface area contributed by atoms with Gasteiger partial charge in [0.2, 0.25) is 0 Å². The van der Waals surface area contributed by atoms with Crippen molar-refractivity contribution in [2.45, 2.75) is 32.9 Å². The number of benzene rings is 1. The molecule has 3 N–H and O–H groups in total. The van der Waals surface area contributed by atoms with E-state index in [1.165, 1.54) is 16.7 Å². The van der Waals surface area contributed by atoms with E-state index >= 15 is 0 Å². The Balaban J connectivity index is 0.00000176. The molecule has 3 rings (SSSR count). The normalized spacial score (nSPS) is 22.3. The fourth-order valence-corrected chi connectivity index (χ4v) is 3.04. The van der Waals surface area contributed by atoms with Crippen LogP contribution in [0.3, 0.4) is 0 Å². The maximum Gasteiger partial charge on any atom is 0.0695 e. The summed E-state index contributed by atoms with van der Waals surface area (Å²) in [6.45, 7) is 7.43. The number of likely N-dealkylation sites (tertiary alicyclic amines) is 1. The molecule has 1 fully saturated rings. The minimum atomic E-state index is 0. The van der Waals surface area contributed by atoms with Crippen LogP contribution in [-0.4, -0.2) is 34.2 Å². The number of aromatic amines is 1. The highest BCUT2D eigenvalue weighted by Crippen LogP contribution is 2.24. The Hall–Kier alpha value is -1.36. The number of rotatable bonds is 3. The van der Waals surface area contributed by atoms with E-state index in [9.17, 15) is 0 Å². The van der Waals surface area contributed by atoms with Crippen LogP contribution in [-0.2, 0) is 6.54 Å². The molecule has 2 aromatic rings. The van der Waals surface area contributed by atoms with Gasteiger partial charge in [0.05, 0.1) is 11.9 Å². The molecule has 0 spiro atoms. The number of hydrogen-bond acceptors (Lipinski definition) is 3. The summed E-state index contributed by atoms with van der Waals surface area (Å²) < 4.78 is 0. The highest BCUT2D eigenvalue weighted by Gasteiger charge is 2.23. The zero-order valence-electron chi connectivity index (χ0n) is 13.2. The predicted molar refractivity (Wildman–Crippen MR) is 93.0 cm³/mol. The molecule has 1 aliphatic rings. The lowest BCUT2D eigenvalue weighted by molar-refractivity contribution is 0.158. The van der Waals surface area contributed by atoms with Crippen molar-refractivity contribution in [2.24, 2.45) is 11.7 Å². The van der Waals surface area contributed by atoms with Gasteiger partial charge in [-0.05, 0) is 31.4 Å². The van der Waals surface area contributed by atoms with E-state index in [0.29, 0.717) is 12.0 Å². The largest absolute Gasteiger partial charge is 0.327 e. The molecular formula is C17H25ClN4. The van der Waals surface area contributed by atoms with E-state index < -0.39 is 0 Å². The summed E-state index contributed by atoms with van der Waals surface area (Å²) in [5.74, 6) is 0.563. The standard InChI is InChI=1S/C17H24N4.ClH/c1-12-3-5-14(6-4-12)17-15(9-19-20-17)11-21-8-7-16(18)13(2)10-21;/h3-6,9,13,16H,7-8,10-11,18H2,1-2H3,(H,19,20);1H. The van der Waals surface area contributed by atoms with Gasteiger partial charge in [-0.2, -0.15) is 5.10 Å².